The minimum Gasteiger partial charge on any atom is -0.274 e. The molecule has 4 unspecified atom stereocenters. The zero-order chi connectivity index (χ0) is 9.00. The highest BCUT2D eigenvalue weighted by atomic mass is 16.7. The Morgan fingerprint density at radius 3 is 2.92 bits per heavy atom. The van der Waals surface area contributed by atoms with Crippen LogP contribution in [0.25, 0.3) is 0 Å². The van der Waals surface area contributed by atoms with Gasteiger partial charge in [-0.25, -0.2) is 5.06 Å². The van der Waals surface area contributed by atoms with E-state index in [9.17, 15) is 4.79 Å². The molecule has 70 valence electrons. The molecule has 2 fully saturated rings. The normalized spacial score (nSPS) is 46.2. The van der Waals surface area contributed by atoms with Crippen LogP contribution >= 0.6 is 0 Å². The molecule has 3 aliphatic rings. The molecular weight excluding hydrogens is 166 g/mol. The standard InChI is InChI=1S/C10H13NO2/c1-13-11-5-8-6-2-3-7(4-6)9(8)10(11)12/h2-3,6-9H,4-5H2,1H3. The van der Waals surface area contributed by atoms with Crippen LogP contribution in [-0.2, 0) is 9.63 Å². The Kier molecular flexibility index (Phi) is 1.37. The summed E-state index contributed by atoms with van der Waals surface area (Å²) in [6.45, 7) is 0.797. The highest BCUT2D eigenvalue weighted by Gasteiger charge is 2.54. The number of amides is 1. The van der Waals surface area contributed by atoms with Crippen LogP contribution < -0.4 is 0 Å². The van der Waals surface area contributed by atoms with Crippen molar-refractivity contribution < 1.29 is 9.63 Å². The van der Waals surface area contributed by atoms with Crippen LogP contribution in [0.5, 0.6) is 0 Å². The lowest BCUT2D eigenvalue weighted by atomic mass is 9.86. The van der Waals surface area contributed by atoms with Gasteiger partial charge in [-0.2, -0.15) is 0 Å². The van der Waals surface area contributed by atoms with Crippen molar-refractivity contribution in [1.82, 2.24) is 5.06 Å². The van der Waals surface area contributed by atoms with E-state index in [1.165, 1.54) is 11.5 Å². The Morgan fingerprint density at radius 1 is 1.46 bits per heavy atom. The first-order valence-corrected chi connectivity index (χ1v) is 4.85. The minimum absolute atomic E-state index is 0.198. The van der Waals surface area contributed by atoms with Gasteiger partial charge in [-0.05, 0) is 24.2 Å². The fourth-order valence-electron chi connectivity index (χ4n) is 3.15. The molecule has 2 bridgehead atoms. The van der Waals surface area contributed by atoms with Gasteiger partial charge in [0.05, 0.1) is 19.6 Å². The lowest BCUT2D eigenvalue weighted by Crippen LogP contribution is -2.28. The highest BCUT2D eigenvalue weighted by Crippen LogP contribution is 2.51. The summed E-state index contributed by atoms with van der Waals surface area (Å²) in [6.07, 6.45) is 5.68. The van der Waals surface area contributed by atoms with Gasteiger partial charge in [-0.3, -0.25) is 9.63 Å². The van der Waals surface area contributed by atoms with Gasteiger partial charge in [0, 0.05) is 0 Å². The Morgan fingerprint density at radius 2 is 2.23 bits per heavy atom. The molecule has 0 radical (unpaired) electrons. The number of hydrogen-bond acceptors (Lipinski definition) is 2. The van der Waals surface area contributed by atoms with E-state index >= 15 is 0 Å². The van der Waals surface area contributed by atoms with E-state index in [0.717, 1.165) is 6.54 Å². The van der Waals surface area contributed by atoms with Crippen LogP contribution in [0.2, 0.25) is 0 Å². The van der Waals surface area contributed by atoms with Crippen LogP contribution in [0.4, 0.5) is 0 Å². The van der Waals surface area contributed by atoms with Crippen LogP contribution in [0.3, 0.4) is 0 Å². The topological polar surface area (TPSA) is 29.5 Å². The van der Waals surface area contributed by atoms with Crippen molar-refractivity contribution in [3.8, 4) is 0 Å². The molecule has 1 heterocycles. The minimum atomic E-state index is 0.198. The van der Waals surface area contributed by atoms with Gasteiger partial charge in [0.25, 0.3) is 0 Å². The van der Waals surface area contributed by atoms with Gasteiger partial charge >= 0.3 is 0 Å². The van der Waals surface area contributed by atoms with Crippen LogP contribution in [-0.4, -0.2) is 24.6 Å². The van der Waals surface area contributed by atoms with E-state index < -0.39 is 0 Å². The zero-order valence-corrected chi connectivity index (χ0v) is 7.64. The van der Waals surface area contributed by atoms with Crippen LogP contribution in [0.15, 0.2) is 12.2 Å². The monoisotopic (exact) mass is 179 g/mol. The zero-order valence-electron chi connectivity index (χ0n) is 7.64. The molecule has 2 aliphatic carbocycles. The molecule has 0 aromatic heterocycles. The Bertz CT molecular complexity index is 287. The highest BCUT2D eigenvalue weighted by molar-refractivity contribution is 5.82. The van der Waals surface area contributed by atoms with Crippen molar-refractivity contribution in [3.63, 3.8) is 0 Å². The predicted molar refractivity (Wildman–Crippen MR) is 46.4 cm³/mol. The number of rotatable bonds is 1. The van der Waals surface area contributed by atoms with E-state index in [0.29, 0.717) is 17.8 Å². The molecule has 0 aromatic carbocycles. The fraction of sp³-hybridized carbons (Fsp3) is 0.700. The third kappa shape index (κ3) is 0.804. The van der Waals surface area contributed by atoms with Crippen LogP contribution in [0.1, 0.15) is 6.42 Å². The lowest BCUT2D eigenvalue weighted by Gasteiger charge is -2.15. The van der Waals surface area contributed by atoms with E-state index in [4.69, 9.17) is 4.84 Å². The number of fused-ring (bicyclic) bond motifs is 5. The molecule has 0 aromatic rings. The van der Waals surface area contributed by atoms with Crippen molar-refractivity contribution in [3.05, 3.63) is 12.2 Å². The fourth-order valence-corrected chi connectivity index (χ4v) is 3.15. The summed E-state index contributed by atoms with van der Waals surface area (Å²) in [6, 6.07) is 0. The third-order valence-corrected chi connectivity index (χ3v) is 3.75. The molecular formula is C10H13NO2. The van der Waals surface area contributed by atoms with Crippen molar-refractivity contribution in [2.24, 2.45) is 23.7 Å². The average Bonchev–Trinajstić information content (AvgIpc) is 2.76. The first-order chi connectivity index (χ1) is 6.31. The maximum absolute atomic E-state index is 11.8. The second-order valence-electron chi connectivity index (χ2n) is 4.22. The first kappa shape index (κ1) is 7.56. The molecule has 3 heteroatoms. The summed E-state index contributed by atoms with van der Waals surface area (Å²) >= 11 is 0. The second-order valence-corrected chi connectivity index (χ2v) is 4.22. The number of hydrogen-bond donors (Lipinski definition) is 0. The summed E-state index contributed by atoms with van der Waals surface area (Å²) in [5, 5.41) is 1.53. The SMILES string of the molecule is CON1CC2C3C=CC(C3)C2C1=O. The first-order valence-electron chi connectivity index (χ1n) is 4.85. The van der Waals surface area contributed by atoms with E-state index in [1.54, 1.807) is 7.11 Å². The summed E-state index contributed by atoms with van der Waals surface area (Å²) in [5.41, 5.74) is 0. The average molecular weight is 179 g/mol. The summed E-state index contributed by atoms with van der Waals surface area (Å²) in [5.74, 6) is 2.10. The van der Waals surface area contributed by atoms with Crippen molar-refractivity contribution in [2.75, 3.05) is 13.7 Å². The van der Waals surface area contributed by atoms with E-state index in [2.05, 4.69) is 12.2 Å². The Labute approximate surface area is 77.3 Å². The number of carbonyl (C=O) groups is 1. The van der Waals surface area contributed by atoms with Crippen LogP contribution in [0, 0.1) is 23.7 Å². The maximum Gasteiger partial charge on any atom is 0.250 e. The van der Waals surface area contributed by atoms with Gasteiger partial charge in [0.15, 0.2) is 0 Å². The molecule has 0 N–H and O–H groups in total. The predicted octanol–water partition coefficient (Wildman–Crippen LogP) is 0.828. The molecule has 3 nitrogen and oxygen atoms in total. The summed E-state index contributed by atoms with van der Waals surface area (Å²) in [4.78, 5) is 16.8. The molecule has 1 amide bonds. The molecule has 4 atom stereocenters. The third-order valence-electron chi connectivity index (χ3n) is 3.75. The van der Waals surface area contributed by atoms with Gasteiger partial charge in [-0.1, -0.05) is 12.2 Å². The Balaban J connectivity index is 1.92. The number of allylic oxidation sites excluding steroid dienone is 2. The lowest BCUT2D eigenvalue weighted by molar-refractivity contribution is -0.170. The molecule has 1 saturated carbocycles. The van der Waals surface area contributed by atoms with Gasteiger partial charge in [-0.15, -0.1) is 0 Å². The smallest absolute Gasteiger partial charge is 0.250 e. The molecule has 1 aliphatic heterocycles. The van der Waals surface area contributed by atoms with Crippen molar-refractivity contribution >= 4 is 5.91 Å². The van der Waals surface area contributed by atoms with Gasteiger partial charge in [0.2, 0.25) is 5.91 Å². The molecule has 13 heavy (non-hydrogen) atoms. The quantitative estimate of drug-likeness (QED) is 0.558. The molecule has 0 spiro atoms. The van der Waals surface area contributed by atoms with Gasteiger partial charge in [0.1, 0.15) is 0 Å². The number of hydroxylamine groups is 2. The Hall–Kier alpha value is -0.830. The van der Waals surface area contributed by atoms with Crippen molar-refractivity contribution in [1.29, 1.82) is 0 Å². The second kappa shape index (κ2) is 2.35. The molecule has 3 rings (SSSR count). The van der Waals surface area contributed by atoms with E-state index in [1.807, 2.05) is 0 Å². The summed E-state index contributed by atoms with van der Waals surface area (Å²) in [7, 11) is 1.58. The largest absolute Gasteiger partial charge is 0.274 e. The summed E-state index contributed by atoms with van der Waals surface area (Å²) < 4.78 is 0. The maximum atomic E-state index is 11.8. The molecule has 1 saturated heterocycles. The number of carbonyl (C=O) groups excluding carboxylic acids is 1. The van der Waals surface area contributed by atoms with Gasteiger partial charge < -0.3 is 0 Å². The van der Waals surface area contributed by atoms with Crippen molar-refractivity contribution in [2.45, 2.75) is 6.42 Å². The van der Waals surface area contributed by atoms with E-state index in [-0.39, 0.29) is 11.8 Å². The number of nitrogens with zero attached hydrogens (tertiary/aromatic N) is 1.